The molecule has 0 saturated carbocycles. The second kappa shape index (κ2) is 6.40. The molecule has 1 aliphatic rings. The number of aromatic nitrogens is 2. The van der Waals surface area contributed by atoms with Gasteiger partial charge in [0.2, 0.25) is 11.0 Å². The number of benzene rings is 2. The van der Waals surface area contributed by atoms with Crippen molar-refractivity contribution in [2.24, 2.45) is 10.2 Å². The maximum atomic E-state index is 10.2. The van der Waals surface area contributed by atoms with Gasteiger partial charge < -0.3 is 19.6 Å². The fourth-order valence-corrected chi connectivity index (χ4v) is 3.59. The normalized spacial score (nSPS) is 13.5. The van der Waals surface area contributed by atoms with E-state index in [1.807, 2.05) is 35.7 Å². The van der Waals surface area contributed by atoms with E-state index < -0.39 is 0 Å². The van der Waals surface area contributed by atoms with Crippen molar-refractivity contribution in [1.29, 1.82) is 0 Å². The first kappa shape index (κ1) is 15.8. The third-order valence-electron chi connectivity index (χ3n) is 4.21. The molecule has 134 valence electrons. The Hall–Kier alpha value is -3.39. The highest BCUT2D eigenvalue weighted by Crippen LogP contribution is 2.42. The summed E-state index contributed by atoms with van der Waals surface area (Å²) in [5.41, 5.74) is 2.92. The maximum Gasteiger partial charge on any atom is 0.230 e. The molecule has 7 nitrogen and oxygen atoms in total. The molecule has 1 aliphatic heterocycles. The zero-order valence-electron chi connectivity index (χ0n) is 14.0. The molecule has 0 spiro atoms. The first-order chi connectivity index (χ1) is 13.3. The lowest BCUT2D eigenvalue weighted by atomic mass is 10.2. The van der Waals surface area contributed by atoms with Crippen LogP contribution in [0.3, 0.4) is 0 Å². The number of nitrogens with zero attached hydrogens (tertiary/aromatic N) is 3. The molecule has 27 heavy (non-hydrogen) atoms. The molecular weight excluding hydrogens is 364 g/mol. The van der Waals surface area contributed by atoms with Crippen LogP contribution in [0.1, 0.15) is 0 Å². The first-order valence-corrected chi connectivity index (χ1v) is 9.23. The molecule has 3 heterocycles. The Morgan fingerprint density at radius 1 is 1.04 bits per heavy atom. The summed E-state index contributed by atoms with van der Waals surface area (Å²) in [7, 11) is 0. The highest BCUT2D eigenvalue weighted by atomic mass is 32.1. The number of nitrogens with one attached hydrogen (secondary N) is 1. The molecule has 0 fully saturated rings. The number of hydrogen-bond donors (Lipinski definition) is 2. The number of ether oxygens (including phenoxy) is 2. The summed E-state index contributed by atoms with van der Waals surface area (Å²) >= 11 is 1.39. The molecule has 8 heteroatoms. The Balaban J connectivity index is 1.49. The Morgan fingerprint density at radius 3 is 2.63 bits per heavy atom. The van der Waals surface area contributed by atoms with Crippen molar-refractivity contribution in [3.8, 4) is 28.6 Å². The number of hydrogen-bond acceptors (Lipinski definition) is 7. The summed E-state index contributed by atoms with van der Waals surface area (Å²) in [6, 6.07) is 13.5. The van der Waals surface area contributed by atoms with E-state index >= 15 is 0 Å². The maximum absolute atomic E-state index is 10.2. The SMILES string of the molecule is Oc1[nH]c2cc3c(cc2c1N=Nc1nc(-c2ccccc2)cs1)OCCO3. The Labute approximate surface area is 157 Å². The van der Waals surface area contributed by atoms with Gasteiger partial charge in [0.25, 0.3) is 0 Å². The lowest BCUT2D eigenvalue weighted by Crippen LogP contribution is -2.15. The van der Waals surface area contributed by atoms with Gasteiger partial charge >= 0.3 is 0 Å². The summed E-state index contributed by atoms with van der Waals surface area (Å²) in [4.78, 5) is 7.38. The monoisotopic (exact) mass is 378 g/mol. The van der Waals surface area contributed by atoms with Crippen LogP contribution in [0.2, 0.25) is 0 Å². The molecule has 2 aromatic heterocycles. The van der Waals surface area contributed by atoms with E-state index in [0.717, 1.165) is 11.3 Å². The predicted molar refractivity (Wildman–Crippen MR) is 103 cm³/mol. The lowest BCUT2D eigenvalue weighted by Gasteiger charge is -2.17. The topological polar surface area (TPSA) is 92.1 Å². The molecule has 2 N–H and O–H groups in total. The van der Waals surface area contributed by atoms with Gasteiger partial charge in [0.1, 0.15) is 13.2 Å². The molecule has 0 amide bonds. The van der Waals surface area contributed by atoms with Crippen molar-refractivity contribution in [3.63, 3.8) is 0 Å². The minimum absolute atomic E-state index is 0.0593. The number of azo groups is 1. The number of rotatable bonds is 3. The highest BCUT2D eigenvalue weighted by molar-refractivity contribution is 7.13. The van der Waals surface area contributed by atoms with Crippen molar-refractivity contribution in [2.45, 2.75) is 0 Å². The van der Waals surface area contributed by atoms with E-state index in [9.17, 15) is 5.11 Å². The first-order valence-electron chi connectivity index (χ1n) is 8.35. The molecule has 0 unspecified atom stereocenters. The third kappa shape index (κ3) is 2.89. The van der Waals surface area contributed by atoms with E-state index in [1.54, 1.807) is 12.1 Å². The van der Waals surface area contributed by atoms with Gasteiger partial charge in [-0.25, -0.2) is 4.98 Å². The standard InChI is InChI=1S/C19H14N4O3S/c24-18-17(12-8-15-16(9-13(12)20-18)26-7-6-25-15)22-23-19-21-14(10-27-19)11-4-2-1-3-5-11/h1-5,8-10,20,24H,6-7H2. The number of aromatic hydroxyl groups is 1. The molecule has 0 radical (unpaired) electrons. The second-order valence-corrected chi connectivity index (χ2v) is 6.78. The third-order valence-corrected chi connectivity index (χ3v) is 4.94. The number of aromatic amines is 1. The average Bonchev–Trinajstić information content (AvgIpc) is 3.29. The minimum Gasteiger partial charge on any atom is -0.493 e. The quantitative estimate of drug-likeness (QED) is 0.480. The van der Waals surface area contributed by atoms with Crippen LogP contribution in [0.4, 0.5) is 10.8 Å². The van der Waals surface area contributed by atoms with Gasteiger partial charge in [0.15, 0.2) is 17.2 Å². The van der Waals surface area contributed by atoms with Gasteiger partial charge in [-0.1, -0.05) is 30.3 Å². The molecule has 5 rings (SSSR count). The van der Waals surface area contributed by atoms with E-state index in [4.69, 9.17) is 9.47 Å². The fraction of sp³-hybridized carbons (Fsp3) is 0.105. The van der Waals surface area contributed by atoms with Crippen LogP contribution in [0, 0.1) is 0 Å². The molecule has 0 atom stereocenters. The summed E-state index contributed by atoms with van der Waals surface area (Å²) in [6.07, 6.45) is 0. The number of thiazole rings is 1. The predicted octanol–water partition coefficient (Wildman–Crippen LogP) is 5.18. The molecule has 0 aliphatic carbocycles. The van der Waals surface area contributed by atoms with Crippen LogP contribution in [0.25, 0.3) is 22.2 Å². The summed E-state index contributed by atoms with van der Waals surface area (Å²) in [6.45, 7) is 0.999. The summed E-state index contributed by atoms with van der Waals surface area (Å²) in [5, 5.41) is 21.8. The van der Waals surface area contributed by atoms with Gasteiger partial charge in [0.05, 0.1) is 11.2 Å². The van der Waals surface area contributed by atoms with Crippen LogP contribution in [-0.2, 0) is 0 Å². The molecule has 4 aromatic rings. The van der Waals surface area contributed by atoms with Gasteiger partial charge in [-0.15, -0.1) is 21.6 Å². The Kier molecular flexibility index (Phi) is 3.75. The van der Waals surface area contributed by atoms with E-state index in [0.29, 0.717) is 46.4 Å². The lowest BCUT2D eigenvalue weighted by molar-refractivity contribution is 0.172. The fourth-order valence-electron chi connectivity index (χ4n) is 2.95. The molecule has 0 bridgehead atoms. The van der Waals surface area contributed by atoms with Gasteiger partial charge in [-0.3, -0.25) is 0 Å². The molecule has 2 aromatic carbocycles. The van der Waals surface area contributed by atoms with Crippen molar-refractivity contribution in [3.05, 3.63) is 47.8 Å². The van der Waals surface area contributed by atoms with Gasteiger partial charge in [-0.2, -0.15) is 0 Å². The van der Waals surface area contributed by atoms with Crippen LogP contribution in [-0.4, -0.2) is 28.3 Å². The Bertz CT molecular complexity index is 1150. The van der Waals surface area contributed by atoms with E-state index in [1.165, 1.54) is 11.3 Å². The zero-order chi connectivity index (χ0) is 18.2. The van der Waals surface area contributed by atoms with Gasteiger partial charge in [-0.05, 0) is 6.07 Å². The van der Waals surface area contributed by atoms with Gasteiger partial charge in [0, 0.05) is 22.4 Å². The van der Waals surface area contributed by atoms with E-state index in [-0.39, 0.29) is 5.88 Å². The van der Waals surface area contributed by atoms with Crippen LogP contribution < -0.4 is 9.47 Å². The van der Waals surface area contributed by atoms with Crippen molar-refractivity contribution < 1.29 is 14.6 Å². The van der Waals surface area contributed by atoms with Crippen molar-refractivity contribution >= 4 is 33.1 Å². The zero-order valence-corrected chi connectivity index (χ0v) is 14.9. The second-order valence-electron chi connectivity index (χ2n) is 5.95. The summed E-state index contributed by atoms with van der Waals surface area (Å²) in [5.74, 6) is 1.21. The Morgan fingerprint density at radius 2 is 1.81 bits per heavy atom. The van der Waals surface area contributed by atoms with Crippen molar-refractivity contribution in [2.75, 3.05) is 13.2 Å². The van der Waals surface area contributed by atoms with Crippen LogP contribution >= 0.6 is 11.3 Å². The number of H-pyrrole nitrogens is 1. The smallest absolute Gasteiger partial charge is 0.230 e. The van der Waals surface area contributed by atoms with E-state index in [2.05, 4.69) is 20.2 Å². The van der Waals surface area contributed by atoms with Crippen LogP contribution in [0.5, 0.6) is 17.4 Å². The molecule has 0 saturated heterocycles. The number of fused-ring (bicyclic) bond motifs is 2. The average molecular weight is 378 g/mol. The minimum atomic E-state index is -0.0593. The summed E-state index contributed by atoms with van der Waals surface area (Å²) < 4.78 is 11.2. The van der Waals surface area contributed by atoms with Crippen LogP contribution in [0.15, 0.2) is 58.1 Å². The van der Waals surface area contributed by atoms with Crippen molar-refractivity contribution in [1.82, 2.24) is 9.97 Å². The highest BCUT2D eigenvalue weighted by Gasteiger charge is 2.18. The molecular formula is C19H14N4O3S. The largest absolute Gasteiger partial charge is 0.493 e.